The molecule has 0 aliphatic heterocycles. The van der Waals surface area contributed by atoms with Crippen LogP contribution in [-0.2, 0) is 9.53 Å². The monoisotopic (exact) mass is 255 g/mol. The van der Waals surface area contributed by atoms with E-state index < -0.39 is 18.7 Å². The molecule has 0 aliphatic carbocycles. The van der Waals surface area contributed by atoms with E-state index in [0.717, 1.165) is 17.7 Å². The Kier molecular flexibility index (Phi) is 7.18. The molecule has 0 radical (unpaired) electrons. The quantitative estimate of drug-likeness (QED) is 0.655. The highest BCUT2D eigenvalue weighted by Gasteiger charge is 2.31. The summed E-state index contributed by atoms with van der Waals surface area (Å²) in [5, 5.41) is 0. The topological polar surface area (TPSA) is 29.5 Å². The van der Waals surface area contributed by atoms with Crippen molar-refractivity contribution in [1.82, 2.24) is 4.90 Å². The lowest BCUT2D eigenvalue weighted by Crippen LogP contribution is -2.38. The minimum Gasteiger partial charge on any atom is -0.462 e. The fourth-order valence-electron chi connectivity index (χ4n) is 1.44. The highest BCUT2D eigenvalue weighted by molar-refractivity contribution is 5.71. The number of carbonyl (C=O) groups is 1. The summed E-state index contributed by atoms with van der Waals surface area (Å²) in [4.78, 5) is 12.4. The molecule has 0 N–H and O–H groups in total. The number of carbonyl (C=O) groups excluding carboxylic acids is 1. The third-order valence-electron chi connectivity index (χ3n) is 2.23. The number of ether oxygens (including phenoxy) is 1. The Bertz CT molecular complexity index is 231. The summed E-state index contributed by atoms with van der Waals surface area (Å²) in [5.41, 5.74) is 0. The van der Waals surface area contributed by atoms with Crippen LogP contribution in [0.25, 0.3) is 0 Å². The molecule has 0 heterocycles. The number of hydrogen-bond acceptors (Lipinski definition) is 3. The first-order chi connectivity index (χ1) is 7.78. The van der Waals surface area contributed by atoms with Crippen LogP contribution in [0.4, 0.5) is 13.2 Å². The molecule has 0 spiro atoms. The molecule has 0 fully saturated rings. The Balaban J connectivity index is 4.06. The minimum atomic E-state index is -4.29. The zero-order chi connectivity index (χ0) is 13.5. The van der Waals surface area contributed by atoms with Gasteiger partial charge in [-0.25, -0.2) is 0 Å². The van der Waals surface area contributed by atoms with Gasteiger partial charge in [-0.1, -0.05) is 20.3 Å². The molecule has 3 nitrogen and oxygen atoms in total. The van der Waals surface area contributed by atoms with Crippen molar-refractivity contribution in [2.24, 2.45) is 0 Å². The van der Waals surface area contributed by atoms with E-state index in [1.807, 2.05) is 6.92 Å². The zero-order valence-corrected chi connectivity index (χ0v) is 10.5. The summed E-state index contributed by atoms with van der Waals surface area (Å²) in [6.07, 6.45) is -2.94. The Morgan fingerprint density at radius 3 is 2.35 bits per heavy atom. The van der Waals surface area contributed by atoms with Gasteiger partial charge in [-0.2, -0.15) is 13.2 Å². The SMILES string of the molecule is CCCC(C)OC(=O)CN(CC)CC(F)(F)F. The second kappa shape index (κ2) is 7.53. The lowest BCUT2D eigenvalue weighted by atomic mass is 10.2. The lowest BCUT2D eigenvalue weighted by molar-refractivity contribution is -0.159. The van der Waals surface area contributed by atoms with Gasteiger partial charge in [0.15, 0.2) is 0 Å². The molecule has 102 valence electrons. The number of alkyl halides is 3. The molecule has 1 atom stereocenters. The number of hydrogen-bond donors (Lipinski definition) is 0. The third kappa shape index (κ3) is 8.97. The average Bonchev–Trinajstić information content (AvgIpc) is 2.14. The van der Waals surface area contributed by atoms with Crippen molar-refractivity contribution in [3.63, 3.8) is 0 Å². The summed E-state index contributed by atoms with van der Waals surface area (Å²) in [7, 11) is 0. The molecule has 17 heavy (non-hydrogen) atoms. The van der Waals surface area contributed by atoms with Crippen molar-refractivity contribution in [3.8, 4) is 0 Å². The van der Waals surface area contributed by atoms with Crippen LogP contribution in [0.15, 0.2) is 0 Å². The number of nitrogens with zero attached hydrogens (tertiary/aromatic N) is 1. The Morgan fingerprint density at radius 2 is 1.94 bits per heavy atom. The number of halogens is 3. The molecular formula is C11H20F3NO2. The van der Waals surface area contributed by atoms with Crippen molar-refractivity contribution in [1.29, 1.82) is 0 Å². The van der Waals surface area contributed by atoms with Crippen LogP contribution in [0.5, 0.6) is 0 Å². The van der Waals surface area contributed by atoms with Gasteiger partial charge in [-0.05, 0) is 19.9 Å². The van der Waals surface area contributed by atoms with Crippen molar-refractivity contribution in [2.75, 3.05) is 19.6 Å². The van der Waals surface area contributed by atoms with E-state index in [0.29, 0.717) is 0 Å². The second-order valence-electron chi connectivity index (χ2n) is 4.01. The van der Waals surface area contributed by atoms with E-state index in [-0.39, 0.29) is 19.2 Å². The Labute approximate surface area is 99.9 Å². The molecule has 0 aromatic heterocycles. The van der Waals surface area contributed by atoms with Gasteiger partial charge < -0.3 is 4.74 Å². The maximum Gasteiger partial charge on any atom is 0.401 e. The fourth-order valence-corrected chi connectivity index (χ4v) is 1.44. The molecule has 6 heteroatoms. The molecule has 0 saturated carbocycles. The van der Waals surface area contributed by atoms with Crippen LogP contribution in [0.1, 0.15) is 33.6 Å². The van der Waals surface area contributed by atoms with Gasteiger partial charge in [-0.3, -0.25) is 9.69 Å². The van der Waals surface area contributed by atoms with E-state index in [1.54, 1.807) is 13.8 Å². The smallest absolute Gasteiger partial charge is 0.401 e. The molecule has 1 unspecified atom stereocenters. The molecule has 0 aliphatic rings. The predicted octanol–water partition coefficient (Wildman–Crippen LogP) is 2.60. The van der Waals surface area contributed by atoms with E-state index >= 15 is 0 Å². The fraction of sp³-hybridized carbons (Fsp3) is 0.909. The summed E-state index contributed by atoms with van der Waals surface area (Å²) in [6.45, 7) is 4.03. The average molecular weight is 255 g/mol. The first-order valence-electron chi connectivity index (χ1n) is 5.77. The van der Waals surface area contributed by atoms with Crippen molar-refractivity contribution in [3.05, 3.63) is 0 Å². The zero-order valence-electron chi connectivity index (χ0n) is 10.5. The van der Waals surface area contributed by atoms with E-state index in [2.05, 4.69) is 0 Å². The molecule has 0 saturated heterocycles. The van der Waals surface area contributed by atoms with Gasteiger partial charge in [0.1, 0.15) is 0 Å². The van der Waals surface area contributed by atoms with E-state index in [1.165, 1.54) is 0 Å². The van der Waals surface area contributed by atoms with Crippen molar-refractivity contribution < 1.29 is 22.7 Å². The van der Waals surface area contributed by atoms with Gasteiger partial charge in [-0.15, -0.1) is 0 Å². The second-order valence-corrected chi connectivity index (χ2v) is 4.01. The maximum absolute atomic E-state index is 12.1. The third-order valence-corrected chi connectivity index (χ3v) is 2.23. The van der Waals surface area contributed by atoms with Crippen molar-refractivity contribution >= 4 is 5.97 Å². The summed E-state index contributed by atoms with van der Waals surface area (Å²) in [5.74, 6) is -0.600. The van der Waals surface area contributed by atoms with Crippen LogP contribution in [0.2, 0.25) is 0 Å². The standard InChI is InChI=1S/C11H20F3NO2/c1-4-6-9(3)17-10(16)7-15(5-2)8-11(12,13)14/h9H,4-8H2,1-3H3. The highest BCUT2D eigenvalue weighted by Crippen LogP contribution is 2.16. The molecule has 0 aromatic carbocycles. The first-order valence-corrected chi connectivity index (χ1v) is 5.77. The molecule has 0 rings (SSSR count). The molecule has 0 aromatic rings. The van der Waals surface area contributed by atoms with Crippen LogP contribution in [0.3, 0.4) is 0 Å². The Hall–Kier alpha value is -0.780. The molecule has 0 amide bonds. The van der Waals surface area contributed by atoms with Crippen molar-refractivity contribution in [2.45, 2.75) is 45.9 Å². The van der Waals surface area contributed by atoms with Gasteiger partial charge in [0.2, 0.25) is 0 Å². The minimum absolute atomic E-state index is 0.163. The number of esters is 1. The molecular weight excluding hydrogens is 235 g/mol. The Morgan fingerprint density at radius 1 is 1.35 bits per heavy atom. The van der Waals surface area contributed by atoms with Gasteiger partial charge in [0.25, 0.3) is 0 Å². The largest absolute Gasteiger partial charge is 0.462 e. The van der Waals surface area contributed by atoms with E-state index in [9.17, 15) is 18.0 Å². The van der Waals surface area contributed by atoms with Crippen LogP contribution >= 0.6 is 0 Å². The number of rotatable bonds is 7. The van der Waals surface area contributed by atoms with Gasteiger partial charge in [0.05, 0.1) is 19.2 Å². The van der Waals surface area contributed by atoms with Gasteiger partial charge >= 0.3 is 12.1 Å². The maximum atomic E-state index is 12.1. The first kappa shape index (κ1) is 16.2. The summed E-state index contributed by atoms with van der Waals surface area (Å²) in [6, 6.07) is 0. The van der Waals surface area contributed by atoms with Crippen LogP contribution in [-0.4, -0.2) is 42.8 Å². The number of likely N-dealkylation sites (N-methyl/N-ethyl adjacent to an activating group) is 1. The van der Waals surface area contributed by atoms with Crippen LogP contribution < -0.4 is 0 Å². The highest BCUT2D eigenvalue weighted by atomic mass is 19.4. The normalized spacial score (nSPS) is 13.8. The molecule has 0 bridgehead atoms. The lowest BCUT2D eigenvalue weighted by Gasteiger charge is -2.21. The summed E-state index contributed by atoms with van der Waals surface area (Å²) >= 11 is 0. The summed E-state index contributed by atoms with van der Waals surface area (Å²) < 4.78 is 41.4. The van der Waals surface area contributed by atoms with Gasteiger partial charge in [0, 0.05) is 0 Å². The van der Waals surface area contributed by atoms with Crippen LogP contribution in [0, 0.1) is 0 Å². The predicted molar refractivity (Wildman–Crippen MR) is 58.6 cm³/mol. The van der Waals surface area contributed by atoms with E-state index in [4.69, 9.17) is 4.74 Å².